The fourth-order valence-electron chi connectivity index (χ4n) is 11.2. The van der Waals surface area contributed by atoms with Crippen molar-refractivity contribution in [2.75, 3.05) is 0 Å². The van der Waals surface area contributed by atoms with Gasteiger partial charge >= 0.3 is 0 Å². The van der Waals surface area contributed by atoms with E-state index in [0.29, 0.717) is 0 Å². The van der Waals surface area contributed by atoms with Crippen LogP contribution in [-0.4, -0.2) is 15.8 Å². The van der Waals surface area contributed by atoms with Crippen molar-refractivity contribution in [1.82, 2.24) is 9.13 Å². The summed E-state index contributed by atoms with van der Waals surface area (Å²) in [6.07, 6.45) is 0. The number of para-hydroxylation sites is 3. The molecule has 0 saturated heterocycles. The first-order chi connectivity index (χ1) is 33.1. The SMILES string of the molecule is Cc1ccccc1-c1ccc2c(c1)Oc1cc(-c3ccc(-n4c5ccccc5c5c6c7ccccc7n(-c7ccccc7)c6ccc54)cc3)cc3c1B2c1ccc(-c2ccccc2C)cc1O3. The van der Waals surface area contributed by atoms with Gasteiger partial charge in [0, 0.05) is 38.4 Å². The van der Waals surface area contributed by atoms with E-state index in [1.807, 2.05) is 0 Å². The number of hydrogen-bond donors (Lipinski definition) is 0. The van der Waals surface area contributed by atoms with E-state index >= 15 is 0 Å². The molecule has 0 saturated carbocycles. The number of ether oxygens (including phenoxy) is 2. The second-order valence-electron chi connectivity index (χ2n) is 18.1. The number of aryl methyl sites for hydroxylation is 2. The van der Waals surface area contributed by atoms with Crippen LogP contribution in [0.4, 0.5) is 0 Å². The average Bonchev–Trinajstić information content (AvgIpc) is 3.89. The fourth-order valence-corrected chi connectivity index (χ4v) is 11.2. The summed E-state index contributed by atoms with van der Waals surface area (Å²) in [6.45, 7) is 4.29. The van der Waals surface area contributed by atoms with Gasteiger partial charge in [0.15, 0.2) is 0 Å². The molecule has 4 heterocycles. The highest BCUT2D eigenvalue weighted by molar-refractivity contribution is 6.98. The van der Waals surface area contributed by atoms with Gasteiger partial charge in [-0.25, -0.2) is 0 Å². The van der Waals surface area contributed by atoms with Gasteiger partial charge < -0.3 is 18.6 Å². The number of benzene rings is 10. The molecule has 2 aliphatic heterocycles. The Kier molecular flexibility index (Phi) is 8.17. The fraction of sp³-hybridized carbons (Fsp3) is 0.0323. The zero-order valence-corrected chi connectivity index (χ0v) is 37.0. The Morgan fingerprint density at radius 1 is 0.343 bits per heavy atom. The normalized spacial score (nSPS) is 12.5. The second-order valence-corrected chi connectivity index (χ2v) is 18.1. The number of fused-ring (bicyclic) bond motifs is 11. The highest BCUT2D eigenvalue weighted by Crippen LogP contribution is 2.44. The quantitative estimate of drug-likeness (QED) is 0.161. The summed E-state index contributed by atoms with van der Waals surface area (Å²) in [6, 6.07) is 76.8. The molecule has 0 N–H and O–H groups in total. The molecule has 0 bridgehead atoms. The van der Waals surface area contributed by atoms with Crippen molar-refractivity contribution in [2.45, 2.75) is 13.8 Å². The Morgan fingerprint density at radius 2 is 0.776 bits per heavy atom. The van der Waals surface area contributed by atoms with Crippen molar-refractivity contribution in [3.05, 3.63) is 223 Å². The largest absolute Gasteiger partial charge is 0.458 e. The van der Waals surface area contributed by atoms with Crippen molar-refractivity contribution in [3.8, 4) is 67.8 Å². The molecule has 10 aromatic carbocycles. The molecule has 0 unspecified atom stereocenters. The highest BCUT2D eigenvalue weighted by Gasteiger charge is 2.41. The molecule has 0 amide bonds. The third-order valence-electron chi connectivity index (χ3n) is 14.3. The lowest BCUT2D eigenvalue weighted by atomic mass is 9.34. The summed E-state index contributed by atoms with van der Waals surface area (Å²) in [7, 11) is 0. The molecule has 2 aliphatic rings. The van der Waals surface area contributed by atoms with E-state index in [1.165, 1.54) is 65.9 Å². The molecule has 0 radical (unpaired) electrons. The highest BCUT2D eigenvalue weighted by atomic mass is 16.5. The van der Waals surface area contributed by atoms with Gasteiger partial charge in [0.2, 0.25) is 0 Å². The van der Waals surface area contributed by atoms with Gasteiger partial charge in [-0.2, -0.15) is 0 Å². The maximum absolute atomic E-state index is 7.00. The summed E-state index contributed by atoms with van der Waals surface area (Å²) in [5, 5.41) is 5.01. The summed E-state index contributed by atoms with van der Waals surface area (Å²) in [5.74, 6) is 3.40. The molecule has 0 aliphatic carbocycles. The van der Waals surface area contributed by atoms with Gasteiger partial charge in [-0.05, 0) is 142 Å². The van der Waals surface area contributed by atoms with E-state index in [1.54, 1.807) is 0 Å². The summed E-state index contributed by atoms with van der Waals surface area (Å²) in [5.41, 5.74) is 19.6. The van der Waals surface area contributed by atoms with Crippen molar-refractivity contribution in [1.29, 1.82) is 0 Å². The van der Waals surface area contributed by atoms with Crippen molar-refractivity contribution in [3.63, 3.8) is 0 Å². The molecule has 314 valence electrons. The van der Waals surface area contributed by atoms with Gasteiger partial charge in [-0.1, -0.05) is 140 Å². The maximum atomic E-state index is 7.00. The van der Waals surface area contributed by atoms with Crippen LogP contribution in [0.25, 0.3) is 88.4 Å². The Morgan fingerprint density at radius 3 is 1.30 bits per heavy atom. The molecule has 67 heavy (non-hydrogen) atoms. The van der Waals surface area contributed by atoms with Crippen molar-refractivity contribution in [2.24, 2.45) is 0 Å². The third-order valence-corrected chi connectivity index (χ3v) is 14.3. The molecule has 12 aromatic rings. The summed E-state index contributed by atoms with van der Waals surface area (Å²) < 4.78 is 18.8. The molecule has 0 fully saturated rings. The zero-order chi connectivity index (χ0) is 44.3. The van der Waals surface area contributed by atoms with Gasteiger partial charge in [0.25, 0.3) is 6.71 Å². The van der Waals surface area contributed by atoms with Crippen LogP contribution in [-0.2, 0) is 0 Å². The predicted octanol–water partition coefficient (Wildman–Crippen LogP) is 14.2. The smallest absolute Gasteiger partial charge is 0.260 e. The standard InChI is InChI=1S/C62H41BN2O2/c1-38-14-6-8-18-46(38)41-26-30-50-56(34-41)66-58-36-43(37-59-62(58)63(50)51-31-27-42(35-57(51)67-59)47-19-9-7-15-39(47)2)40-24-28-45(29-25-40)65-53-23-13-11-21-49(53)61-55(65)33-32-54-60(61)48-20-10-12-22-52(48)64(54)44-16-4-3-5-17-44/h3-37H,1-2H3. The molecule has 2 aromatic heterocycles. The summed E-state index contributed by atoms with van der Waals surface area (Å²) in [4.78, 5) is 0. The zero-order valence-electron chi connectivity index (χ0n) is 37.0. The van der Waals surface area contributed by atoms with Crippen molar-refractivity contribution >= 4 is 66.7 Å². The van der Waals surface area contributed by atoms with Crippen LogP contribution in [0.1, 0.15) is 11.1 Å². The number of hydrogen-bond acceptors (Lipinski definition) is 2. The van der Waals surface area contributed by atoms with E-state index in [2.05, 4.69) is 235 Å². The van der Waals surface area contributed by atoms with Crippen LogP contribution in [0.2, 0.25) is 0 Å². The Labute approximate surface area is 388 Å². The lowest BCUT2D eigenvalue weighted by Gasteiger charge is -2.34. The first kappa shape index (κ1) is 37.8. The van der Waals surface area contributed by atoms with Crippen LogP contribution in [0, 0.1) is 13.8 Å². The molecule has 0 spiro atoms. The van der Waals surface area contributed by atoms with E-state index in [4.69, 9.17) is 9.47 Å². The van der Waals surface area contributed by atoms with Gasteiger partial charge in [-0.15, -0.1) is 0 Å². The van der Waals surface area contributed by atoms with Gasteiger partial charge in [-0.3, -0.25) is 0 Å². The number of aromatic nitrogens is 2. The third kappa shape index (κ3) is 5.68. The van der Waals surface area contributed by atoms with Gasteiger partial charge in [0.05, 0.1) is 22.1 Å². The summed E-state index contributed by atoms with van der Waals surface area (Å²) >= 11 is 0. The van der Waals surface area contributed by atoms with Gasteiger partial charge in [0.1, 0.15) is 23.0 Å². The second kappa shape index (κ2) is 14.5. The molecule has 4 nitrogen and oxygen atoms in total. The molecule has 14 rings (SSSR count). The minimum Gasteiger partial charge on any atom is -0.458 e. The molecule has 0 atom stereocenters. The average molecular weight is 857 g/mol. The van der Waals surface area contributed by atoms with Crippen LogP contribution in [0.5, 0.6) is 23.0 Å². The first-order valence-corrected chi connectivity index (χ1v) is 23.1. The van der Waals surface area contributed by atoms with E-state index < -0.39 is 0 Å². The maximum Gasteiger partial charge on any atom is 0.260 e. The Bertz CT molecular complexity index is 3890. The van der Waals surface area contributed by atoms with Crippen LogP contribution < -0.4 is 25.9 Å². The van der Waals surface area contributed by atoms with E-state index in [9.17, 15) is 0 Å². The minimum atomic E-state index is -0.0470. The molecular formula is C62H41BN2O2. The van der Waals surface area contributed by atoms with E-state index in [-0.39, 0.29) is 6.71 Å². The first-order valence-electron chi connectivity index (χ1n) is 23.1. The van der Waals surface area contributed by atoms with E-state index in [0.717, 1.165) is 73.0 Å². The number of rotatable bonds is 5. The van der Waals surface area contributed by atoms with Crippen LogP contribution in [0.3, 0.4) is 0 Å². The Hall–Kier alpha value is -8.54. The lowest BCUT2D eigenvalue weighted by Crippen LogP contribution is -2.57. The predicted molar refractivity (Wildman–Crippen MR) is 279 cm³/mol. The van der Waals surface area contributed by atoms with Crippen molar-refractivity contribution < 1.29 is 9.47 Å². The number of nitrogens with zero attached hydrogens (tertiary/aromatic N) is 2. The molecular weight excluding hydrogens is 816 g/mol. The lowest BCUT2D eigenvalue weighted by molar-refractivity contribution is 0.465. The topological polar surface area (TPSA) is 28.3 Å². The van der Waals surface area contributed by atoms with Crippen LogP contribution >= 0.6 is 0 Å². The van der Waals surface area contributed by atoms with Crippen LogP contribution in [0.15, 0.2) is 212 Å². The monoisotopic (exact) mass is 856 g/mol. The minimum absolute atomic E-state index is 0.0470. The molecule has 5 heteroatoms. The Balaban J connectivity index is 0.913.